The van der Waals surface area contributed by atoms with E-state index in [0.717, 1.165) is 38.8 Å². The van der Waals surface area contributed by atoms with Crippen LogP contribution in [-0.2, 0) is 0 Å². The van der Waals surface area contributed by atoms with Crippen LogP contribution >= 0.6 is 0 Å². The SMILES string of the molecule is Cc1cc(F)cc(-c2nccc3[nH]c(-c4n[nH]c5ccc(-c6cncc(N(C)C)c6)cc45)nc23)c1. The van der Waals surface area contributed by atoms with E-state index in [-0.39, 0.29) is 5.82 Å². The van der Waals surface area contributed by atoms with E-state index in [1.165, 1.54) is 12.1 Å². The molecule has 2 aromatic carbocycles. The zero-order valence-corrected chi connectivity index (χ0v) is 19.5. The molecule has 6 rings (SSSR count). The number of hydrogen-bond acceptors (Lipinski definition) is 5. The number of hydrogen-bond donors (Lipinski definition) is 2. The standard InChI is InChI=1S/C27H22FN7/c1-15-8-17(10-19(28)9-15)24-26-23(6-7-30-24)31-27(32-26)25-21-12-16(4-5-22(21)33-34-25)18-11-20(35(2)3)14-29-13-18/h4-14H,1-3H3,(H,31,32)(H,33,34). The van der Waals surface area contributed by atoms with Crippen LogP contribution in [0.4, 0.5) is 10.1 Å². The Hall–Kier alpha value is -4.59. The van der Waals surface area contributed by atoms with Crippen molar-refractivity contribution < 1.29 is 4.39 Å². The van der Waals surface area contributed by atoms with Crippen LogP contribution in [0.3, 0.4) is 0 Å². The number of imidazole rings is 1. The van der Waals surface area contributed by atoms with Gasteiger partial charge in [0.25, 0.3) is 0 Å². The van der Waals surface area contributed by atoms with Gasteiger partial charge in [0.05, 0.1) is 28.6 Å². The Morgan fingerprint density at radius 2 is 1.74 bits per heavy atom. The number of fused-ring (bicyclic) bond motifs is 2. The molecule has 0 bridgehead atoms. The van der Waals surface area contributed by atoms with Crippen molar-refractivity contribution in [2.75, 3.05) is 19.0 Å². The van der Waals surface area contributed by atoms with Crippen molar-refractivity contribution in [3.05, 3.63) is 78.5 Å². The molecule has 0 spiro atoms. The lowest BCUT2D eigenvalue weighted by molar-refractivity contribution is 0.627. The van der Waals surface area contributed by atoms with Gasteiger partial charge in [-0.2, -0.15) is 5.10 Å². The maximum absolute atomic E-state index is 14.1. The van der Waals surface area contributed by atoms with Crippen molar-refractivity contribution in [3.8, 4) is 33.9 Å². The number of H-pyrrole nitrogens is 2. The zero-order chi connectivity index (χ0) is 24.1. The predicted octanol–water partition coefficient (Wildman–Crippen LogP) is 5.74. The summed E-state index contributed by atoms with van der Waals surface area (Å²) in [6, 6.07) is 15.0. The largest absolute Gasteiger partial charge is 0.376 e. The molecule has 0 atom stereocenters. The van der Waals surface area contributed by atoms with Gasteiger partial charge in [-0.25, -0.2) is 9.37 Å². The van der Waals surface area contributed by atoms with Gasteiger partial charge in [-0.3, -0.25) is 15.1 Å². The Morgan fingerprint density at radius 3 is 2.57 bits per heavy atom. The van der Waals surface area contributed by atoms with E-state index < -0.39 is 0 Å². The molecule has 0 aliphatic carbocycles. The summed E-state index contributed by atoms with van der Waals surface area (Å²) in [5, 5.41) is 8.59. The van der Waals surface area contributed by atoms with Crippen LogP contribution in [-0.4, -0.2) is 44.2 Å². The summed E-state index contributed by atoms with van der Waals surface area (Å²) >= 11 is 0. The molecule has 7 nitrogen and oxygen atoms in total. The average molecular weight is 464 g/mol. The summed E-state index contributed by atoms with van der Waals surface area (Å²) in [6.45, 7) is 1.86. The lowest BCUT2D eigenvalue weighted by atomic mass is 10.0. The second-order valence-corrected chi connectivity index (χ2v) is 8.82. The monoisotopic (exact) mass is 463 g/mol. The van der Waals surface area contributed by atoms with Crippen molar-refractivity contribution in [2.24, 2.45) is 0 Å². The fourth-order valence-electron chi connectivity index (χ4n) is 4.34. The quantitative estimate of drug-likeness (QED) is 0.348. The highest BCUT2D eigenvalue weighted by Gasteiger charge is 2.17. The maximum atomic E-state index is 14.1. The van der Waals surface area contributed by atoms with Crippen molar-refractivity contribution in [3.63, 3.8) is 0 Å². The summed E-state index contributed by atoms with van der Waals surface area (Å²) in [7, 11) is 3.99. The first kappa shape index (κ1) is 21.0. The van der Waals surface area contributed by atoms with Gasteiger partial charge < -0.3 is 9.88 Å². The molecular weight excluding hydrogens is 441 g/mol. The summed E-state index contributed by atoms with van der Waals surface area (Å²) in [5.74, 6) is 0.319. The molecule has 35 heavy (non-hydrogen) atoms. The van der Waals surface area contributed by atoms with Gasteiger partial charge in [-0.15, -0.1) is 0 Å². The molecule has 4 aromatic heterocycles. The van der Waals surface area contributed by atoms with E-state index in [1.807, 2.05) is 62.6 Å². The van der Waals surface area contributed by atoms with Crippen LogP contribution in [0.5, 0.6) is 0 Å². The smallest absolute Gasteiger partial charge is 0.159 e. The van der Waals surface area contributed by atoms with E-state index in [2.05, 4.69) is 37.3 Å². The predicted molar refractivity (Wildman–Crippen MR) is 137 cm³/mol. The van der Waals surface area contributed by atoms with Crippen molar-refractivity contribution in [1.82, 2.24) is 30.1 Å². The Labute approximate surface area is 200 Å². The van der Waals surface area contributed by atoms with E-state index in [0.29, 0.717) is 28.3 Å². The number of halogens is 1. The third-order valence-electron chi connectivity index (χ3n) is 6.08. The van der Waals surface area contributed by atoms with Gasteiger partial charge in [0.2, 0.25) is 0 Å². The second-order valence-electron chi connectivity index (χ2n) is 8.82. The van der Waals surface area contributed by atoms with Crippen LogP contribution in [0, 0.1) is 12.7 Å². The molecule has 0 saturated heterocycles. The average Bonchev–Trinajstić information content (AvgIpc) is 3.47. The number of aryl methyl sites for hydroxylation is 1. The normalized spacial score (nSPS) is 11.4. The third kappa shape index (κ3) is 3.69. The first-order chi connectivity index (χ1) is 17.0. The van der Waals surface area contributed by atoms with Crippen molar-refractivity contribution >= 4 is 27.6 Å². The minimum atomic E-state index is -0.298. The molecule has 0 unspecified atom stereocenters. The van der Waals surface area contributed by atoms with Gasteiger partial charge >= 0.3 is 0 Å². The van der Waals surface area contributed by atoms with Crippen LogP contribution in [0.1, 0.15) is 5.56 Å². The van der Waals surface area contributed by atoms with Crippen LogP contribution in [0.15, 0.2) is 67.1 Å². The Morgan fingerprint density at radius 1 is 0.857 bits per heavy atom. The van der Waals surface area contributed by atoms with E-state index >= 15 is 0 Å². The minimum absolute atomic E-state index is 0.298. The van der Waals surface area contributed by atoms with Gasteiger partial charge in [0.1, 0.15) is 17.0 Å². The Balaban J connectivity index is 1.48. The van der Waals surface area contributed by atoms with Gasteiger partial charge in [-0.1, -0.05) is 6.07 Å². The Bertz CT molecular complexity index is 1690. The molecule has 6 aromatic rings. The molecule has 4 heterocycles. The number of anilines is 1. The number of pyridine rings is 2. The molecule has 8 heteroatoms. The molecule has 172 valence electrons. The molecule has 0 aliphatic rings. The topological polar surface area (TPSA) is 86.4 Å². The minimum Gasteiger partial charge on any atom is -0.376 e. The van der Waals surface area contributed by atoms with Crippen LogP contribution in [0.2, 0.25) is 0 Å². The fraction of sp³-hybridized carbons (Fsp3) is 0.111. The number of nitrogens with zero attached hydrogens (tertiary/aromatic N) is 5. The number of aromatic nitrogens is 6. The molecular formula is C27H22FN7. The summed E-state index contributed by atoms with van der Waals surface area (Å²) < 4.78 is 14.1. The van der Waals surface area contributed by atoms with E-state index in [4.69, 9.17) is 4.98 Å². The van der Waals surface area contributed by atoms with Gasteiger partial charge in [0, 0.05) is 43.0 Å². The van der Waals surface area contributed by atoms with E-state index in [1.54, 1.807) is 6.20 Å². The van der Waals surface area contributed by atoms with Crippen molar-refractivity contribution in [2.45, 2.75) is 6.92 Å². The highest BCUT2D eigenvalue weighted by molar-refractivity contribution is 5.97. The maximum Gasteiger partial charge on any atom is 0.159 e. The van der Waals surface area contributed by atoms with Crippen molar-refractivity contribution in [1.29, 1.82) is 0 Å². The lowest BCUT2D eigenvalue weighted by Gasteiger charge is -2.13. The molecule has 0 fully saturated rings. The van der Waals surface area contributed by atoms with Gasteiger partial charge in [0.15, 0.2) is 5.82 Å². The highest BCUT2D eigenvalue weighted by atomic mass is 19.1. The summed E-state index contributed by atoms with van der Waals surface area (Å²) in [5.41, 5.74) is 8.30. The summed E-state index contributed by atoms with van der Waals surface area (Å²) in [4.78, 5) is 19.1. The lowest BCUT2D eigenvalue weighted by Crippen LogP contribution is -2.08. The number of aromatic amines is 2. The first-order valence-corrected chi connectivity index (χ1v) is 11.2. The molecule has 0 amide bonds. The highest BCUT2D eigenvalue weighted by Crippen LogP contribution is 2.33. The molecule has 0 saturated carbocycles. The molecule has 0 aliphatic heterocycles. The number of nitrogens with one attached hydrogen (secondary N) is 2. The third-order valence-corrected chi connectivity index (χ3v) is 6.08. The van der Waals surface area contributed by atoms with Crippen LogP contribution < -0.4 is 4.90 Å². The molecule has 2 N–H and O–H groups in total. The first-order valence-electron chi connectivity index (χ1n) is 11.2. The number of rotatable bonds is 4. The second kappa shape index (κ2) is 8.02. The fourth-order valence-corrected chi connectivity index (χ4v) is 4.34. The number of benzene rings is 2. The zero-order valence-electron chi connectivity index (χ0n) is 19.5. The van der Waals surface area contributed by atoms with E-state index in [9.17, 15) is 4.39 Å². The van der Waals surface area contributed by atoms with Crippen LogP contribution in [0.25, 0.3) is 55.8 Å². The summed E-state index contributed by atoms with van der Waals surface area (Å²) in [6.07, 6.45) is 5.39. The Kier molecular flexibility index (Phi) is 4.81. The molecule has 0 radical (unpaired) electrons. The van der Waals surface area contributed by atoms with Gasteiger partial charge in [-0.05, 0) is 60.5 Å².